The molecule has 0 aliphatic rings. The standard InChI is InChI=1S/C9H8FO/c1-7(11)6-8-4-2-3-5-9(8)10/h2-3,5H,6H2,1H3. The van der Waals surface area contributed by atoms with Crippen molar-refractivity contribution in [3.05, 3.63) is 35.6 Å². The molecule has 0 N–H and O–H groups in total. The van der Waals surface area contributed by atoms with Gasteiger partial charge >= 0.3 is 0 Å². The number of ketones is 1. The number of rotatable bonds is 2. The maximum absolute atomic E-state index is 12.8. The Bertz CT molecular complexity index is 268. The quantitative estimate of drug-likeness (QED) is 0.629. The van der Waals surface area contributed by atoms with Crippen LogP contribution < -0.4 is 0 Å². The van der Waals surface area contributed by atoms with Gasteiger partial charge in [0.2, 0.25) is 0 Å². The summed E-state index contributed by atoms with van der Waals surface area (Å²) in [6.07, 6.45) is 0.132. The Morgan fingerprint density at radius 3 is 3.00 bits per heavy atom. The molecule has 57 valence electrons. The van der Waals surface area contributed by atoms with Crippen molar-refractivity contribution in [2.45, 2.75) is 13.3 Å². The second-order valence-electron chi connectivity index (χ2n) is 2.38. The van der Waals surface area contributed by atoms with E-state index < -0.39 is 0 Å². The van der Waals surface area contributed by atoms with Crippen molar-refractivity contribution in [2.24, 2.45) is 0 Å². The summed E-state index contributed by atoms with van der Waals surface area (Å²) in [7, 11) is 0. The third kappa shape index (κ3) is 2.15. The maximum atomic E-state index is 12.8. The van der Waals surface area contributed by atoms with E-state index >= 15 is 0 Å². The third-order valence-electron chi connectivity index (χ3n) is 1.31. The van der Waals surface area contributed by atoms with Crippen LogP contribution in [0, 0.1) is 11.9 Å². The van der Waals surface area contributed by atoms with Crippen molar-refractivity contribution in [1.82, 2.24) is 0 Å². The Labute approximate surface area is 64.9 Å². The van der Waals surface area contributed by atoms with Gasteiger partial charge in [-0.05, 0) is 19.1 Å². The predicted molar refractivity (Wildman–Crippen MR) is 39.6 cm³/mol. The second-order valence-corrected chi connectivity index (χ2v) is 2.38. The molecule has 0 aromatic heterocycles. The zero-order valence-corrected chi connectivity index (χ0v) is 6.23. The number of hydrogen-bond acceptors (Lipinski definition) is 1. The molecule has 1 aromatic rings. The molecule has 0 amide bonds. The van der Waals surface area contributed by atoms with Crippen molar-refractivity contribution in [2.75, 3.05) is 0 Å². The maximum Gasteiger partial charge on any atom is 0.134 e. The Morgan fingerprint density at radius 2 is 2.45 bits per heavy atom. The minimum atomic E-state index is -0.359. The Kier molecular flexibility index (Phi) is 2.36. The zero-order chi connectivity index (χ0) is 8.27. The van der Waals surface area contributed by atoms with Gasteiger partial charge in [-0.3, -0.25) is 4.79 Å². The number of Topliss-reactive ketones (excluding diaryl/α,β-unsaturated/α-hetero) is 1. The van der Waals surface area contributed by atoms with Gasteiger partial charge in [-0.25, -0.2) is 4.39 Å². The number of hydrogen-bond donors (Lipinski definition) is 0. The van der Waals surface area contributed by atoms with Crippen LogP contribution in [0.15, 0.2) is 18.2 Å². The first-order valence-corrected chi connectivity index (χ1v) is 3.34. The molecule has 0 saturated heterocycles. The van der Waals surface area contributed by atoms with E-state index in [1.54, 1.807) is 12.1 Å². The SMILES string of the molecule is CC(=O)Cc1[c]cccc1F. The average Bonchev–Trinajstić information content (AvgIpc) is 1.93. The second kappa shape index (κ2) is 3.28. The van der Waals surface area contributed by atoms with E-state index in [1.807, 2.05) is 0 Å². The molecule has 0 fully saturated rings. The lowest BCUT2D eigenvalue weighted by atomic mass is 10.1. The number of benzene rings is 1. The van der Waals surface area contributed by atoms with Gasteiger partial charge in [0.05, 0.1) is 0 Å². The summed E-state index contributed by atoms with van der Waals surface area (Å²) in [5.41, 5.74) is 0.347. The fraction of sp³-hybridized carbons (Fsp3) is 0.222. The van der Waals surface area contributed by atoms with Crippen molar-refractivity contribution < 1.29 is 9.18 Å². The van der Waals surface area contributed by atoms with Crippen molar-refractivity contribution in [1.29, 1.82) is 0 Å². The molecule has 1 nitrogen and oxygen atoms in total. The molecule has 0 aliphatic carbocycles. The van der Waals surface area contributed by atoms with Crippen LogP contribution >= 0.6 is 0 Å². The Hall–Kier alpha value is -1.18. The van der Waals surface area contributed by atoms with E-state index in [9.17, 15) is 9.18 Å². The van der Waals surface area contributed by atoms with E-state index in [0.717, 1.165) is 0 Å². The molecule has 1 radical (unpaired) electrons. The predicted octanol–water partition coefficient (Wildman–Crippen LogP) is 1.76. The summed E-state index contributed by atoms with van der Waals surface area (Å²) in [6, 6.07) is 7.15. The monoisotopic (exact) mass is 151 g/mol. The highest BCUT2D eigenvalue weighted by molar-refractivity contribution is 5.78. The van der Waals surface area contributed by atoms with Crippen LogP contribution in [0.3, 0.4) is 0 Å². The summed E-state index contributed by atoms with van der Waals surface area (Å²) in [5, 5.41) is 0. The smallest absolute Gasteiger partial charge is 0.134 e. The summed E-state index contributed by atoms with van der Waals surface area (Å²) >= 11 is 0. The molecular formula is C9H8FO. The molecule has 0 unspecified atom stereocenters. The van der Waals surface area contributed by atoms with Gasteiger partial charge in [0.1, 0.15) is 11.6 Å². The van der Waals surface area contributed by atoms with Crippen molar-refractivity contribution in [3.63, 3.8) is 0 Å². The van der Waals surface area contributed by atoms with Crippen LogP contribution in [0.2, 0.25) is 0 Å². The van der Waals surface area contributed by atoms with Gasteiger partial charge in [0, 0.05) is 12.0 Å². The van der Waals surface area contributed by atoms with Crippen LogP contribution in [-0.4, -0.2) is 5.78 Å². The highest BCUT2D eigenvalue weighted by Crippen LogP contribution is 2.05. The molecule has 0 atom stereocenters. The zero-order valence-electron chi connectivity index (χ0n) is 6.23. The van der Waals surface area contributed by atoms with Crippen molar-refractivity contribution in [3.8, 4) is 0 Å². The largest absolute Gasteiger partial charge is 0.300 e. The third-order valence-corrected chi connectivity index (χ3v) is 1.31. The highest BCUT2D eigenvalue weighted by atomic mass is 19.1. The molecular weight excluding hydrogens is 143 g/mol. The molecule has 0 heterocycles. The van der Waals surface area contributed by atoms with Gasteiger partial charge in [0.25, 0.3) is 0 Å². The van der Waals surface area contributed by atoms with Crippen LogP contribution in [0.25, 0.3) is 0 Å². The topological polar surface area (TPSA) is 17.1 Å². The van der Waals surface area contributed by atoms with Crippen LogP contribution in [0.1, 0.15) is 12.5 Å². The van der Waals surface area contributed by atoms with Gasteiger partial charge in [-0.2, -0.15) is 0 Å². The number of carbonyl (C=O) groups is 1. The molecule has 0 aliphatic heterocycles. The minimum Gasteiger partial charge on any atom is -0.300 e. The molecule has 0 saturated carbocycles. The van der Waals surface area contributed by atoms with E-state index in [4.69, 9.17) is 0 Å². The summed E-state index contributed by atoms with van der Waals surface area (Å²) in [6.45, 7) is 1.43. The normalized spacial score (nSPS) is 9.64. The first kappa shape index (κ1) is 7.92. The molecule has 0 spiro atoms. The van der Waals surface area contributed by atoms with E-state index in [1.165, 1.54) is 13.0 Å². The van der Waals surface area contributed by atoms with Gasteiger partial charge in [-0.1, -0.05) is 12.1 Å². The fourth-order valence-corrected chi connectivity index (χ4v) is 0.835. The molecule has 1 rings (SSSR count). The number of halogens is 1. The minimum absolute atomic E-state index is 0.0497. The first-order valence-electron chi connectivity index (χ1n) is 3.34. The van der Waals surface area contributed by atoms with Crippen molar-refractivity contribution >= 4 is 5.78 Å². The lowest BCUT2D eigenvalue weighted by molar-refractivity contribution is -0.116. The molecule has 2 heteroatoms. The Morgan fingerprint density at radius 1 is 1.73 bits per heavy atom. The lowest BCUT2D eigenvalue weighted by Crippen LogP contribution is -1.98. The summed E-state index contributed by atoms with van der Waals surface area (Å²) in [4.78, 5) is 10.6. The lowest BCUT2D eigenvalue weighted by Gasteiger charge is -1.96. The molecule has 1 aromatic carbocycles. The van der Waals surface area contributed by atoms with Crippen LogP contribution in [-0.2, 0) is 11.2 Å². The Balaban J connectivity index is 2.86. The summed E-state index contributed by atoms with van der Waals surface area (Å²) in [5.74, 6) is -0.408. The van der Waals surface area contributed by atoms with Gasteiger partial charge in [-0.15, -0.1) is 0 Å². The first-order chi connectivity index (χ1) is 5.20. The van der Waals surface area contributed by atoms with Gasteiger partial charge in [0.15, 0.2) is 0 Å². The van der Waals surface area contributed by atoms with Crippen LogP contribution in [0.5, 0.6) is 0 Å². The molecule has 11 heavy (non-hydrogen) atoms. The van der Waals surface area contributed by atoms with Gasteiger partial charge < -0.3 is 0 Å². The van der Waals surface area contributed by atoms with E-state index in [-0.39, 0.29) is 18.0 Å². The summed E-state index contributed by atoms with van der Waals surface area (Å²) < 4.78 is 12.8. The highest BCUT2D eigenvalue weighted by Gasteiger charge is 2.02. The van der Waals surface area contributed by atoms with Crippen LogP contribution in [0.4, 0.5) is 4.39 Å². The van der Waals surface area contributed by atoms with E-state index in [0.29, 0.717) is 5.56 Å². The average molecular weight is 151 g/mol. The number of carbonyl (C=O) groups excluding carboxylic acids is 1. The van der Waals surface area contributed by atoms with E-state index in [2.05, 4.69) is 6.07 Å². The molecule has 0 bridgehead atoms. The fourth-order valence-electron chi connectivity index (χ4n) is 0.835.